The average Bonchev–Trinajstić information content (AvgIpc) is 0.869. The second-order valence-electron chi connectivity index (χ2n) is 33.7. The van der Waals surface area contributed by atoms with Crippen LogP contribution in [0.25, 0.3) is 0 Å². The molecule has 0 aromatic heterocycles. The molecule has 0 atom stereocenters. The first-order chi connectivity index (χ1) is 51.1. The van der Waals surface area contributed by atoms with Crippen molar-refractivity contribution in [2.24, 2.45) is 0 Å². The molecule has 0 bridgehead atoms. The topological polar surface area (TPSA) is 0 Å². The van der Waals surface area contributed by atoms with Gasteiger partial charge in [0.25, 0.3) is 0 Å². The molecule has 14 rings (SSSR count). The molecule has 606 valence electrons. The van der Waals surface area contributed by atoms with Crippen LogP contribution < -0.4 is 0 Å². The van der Waals surface area contributed by atoms with Crippen molar-refractivity contribution >= 4 is 103 Å². The van der Waals surface area contributed by atoms with Crippen LogP contribution >= 0.6 is 93.7 Å². The SMILES string of the molecule is C1CCC([PH+](C2CCCCC2)C2CCCCC2)CC1.C1CCC([PH+](C2CCCCC2)C2CCCCC2)CC1.C1CCC([PH+](C2CCCCC2)C2CCCCC2)CC1.C1CCC([PH+](C2CCCCC2)C2CCCCC2)CC1.C=C.CC.Cc1ccccc1.ClCCl.[CH2]=[Ru]([Cl])[Cl].[Cl][Ru]([Cl])=[CH]c1ccccc1. The van der Waals surface area contributed by atoms with Gasteiger partial charge in [-0.3, -0.25) is 0 Å². The van der Waals surface area contributed by atoms with E-state index in [4.69, 9.17) is 62.0 Å². The molecule has 12 aliphatic rings. The molecule has 0 amide bonds. The molecule has 0 aliphatic heterocycles. The molecule has 0 spiro atoms. The van der Waals surface area contributed by atoms with E-state index in [1.807, 2.05) is 67.0 Å². The summed E-state index contributed by atoms with van der Waals surface area (Å²) < 4.78 is 1.92. The molecule has 104 heavy (non-hydrogen) atoms. The summed E-state index contributed by atoms with van der Waals surface area (Å²) in [6, 6.07) is 20.2. The first kappa shape index (κ1) is 97.2. The molecule has 0 saturated heterocycles. The number of rotatable bonds is 13. The maximum atomic E-state index is 5.67. The fourth-order valence-corrected chi connectivity index (χ4v) is 45.1. The van der Waals surface area contributed by atoms with Crippen LogP contribution in [0.3, 0.4) is 0 Å². The molecular formula is C92H164Cl6P4Ru2+4. The molecular weight excluding hydrogens is 1640 g/mol. The summed E-state index contributed by atoms with van der Waals surface area (Å²) in [6.07, 6.45) is 95.2. The Morgan fingerprint density at radius 3 is 0.510 bits per heavy atom. The molecule has 12 saturated carbocycles. The van der Waals surface area contributed by atoms with Crippen molar-refractivity contribution in [2.45, 2.75) is 474 Å². The quantitative estimate of drug-likeness (QED) is 0.0812. The molecule has 12 fully saturated rings. The van der Waals surface area contributed by atoms with Gasteiger partial charge in [0.05, 0.1) is 73.2 Å². The Morgan fingerprint density at radius 1 is 0.279 bits per heavy atom. The van der Waals surface area contributed by atoms with E-state index in [0.29, 0.717) is 0 Å². The molecule has 2 aromatic carbocycles. The van der Waals surface area contributed by atoms with E-state index < -0.39 is 27.0 Å². The van der Waals surface area contributed by atoms with Crippen LogP contribution in [-0.2, 0) is 27.0 Å². The van der Waals surface area contributed by atoms with Crippen LogP contribution in [0.15, 0.2) is 73.8 Å². The van der Waals surface area contributed by atoms with E-state index in [1.54, 1.807) is 385 Å². The molecule has 0 unspecified atom stereocenters. The number of hydrogen-bond donors (Lipinski definition) is 0. The Bertz CT molecular complexity index is 1910. The molecule has 0 heterocycles. The molecule has 2 aromatic rings. The summed E-state index contributed by atoms with van der Waals surface area (Å²) in [4.78, 5) is 0. The minimum absolute atomic E-state index is 0.0465. The molecule has 12 aliphatic carbocycles. The zero-order valence-electron chi connectivity index (χ0n) is 67.5. The zero-order chi connectivity index (χ0) is 74.5. The van der Waals surface area contributed by atoms with E-state index in [1.165, 1.54) is 73.5 Å². The standard InChI is InChI=1S/4C18H33P.C7H8.C7H6.C2H6.C2H4.CH2Cl2.CH2.4ClH.2Ru/c4*1-4-10-16(11-5-1)19(17-12-6-2-7-13-17)18-14-8-3-9-15-18;2*1-7-5-3-2-4-6-7;2*1-2;2-1-3;;;;;;;/h4*16-18H,1-15H2;2-6H,1H3;1-6H;1-2H3;1-2H2;1H2;1H2;4*1H;;/q;;;;;;;;;;;;;;2*+2. The van der Waals surface area contributed by atoms with Crippen molar-refractivity contribution in [2.75, 3.05) is 5.34 Å². The number of alkyl halides is 2. The van der Waals surface area contributed by atoms with E-state index >= 15 is 0 Å². The fourth-order valence-electron chi connectivity index (χ4n) is 22.4. The van der Waals surface area contributed by atoms with Crippen LogP contribution in [0.2, 0.25) is 0 Å². The Labute approximate surface area is 688 Å². The van der Waals surface area contributed by atoms with Gasteiger partial charge in [-0.2, -0.15) is 0 Å². The van der Waals surface area contributed by atoms with Crippen molar-refractivity contribution in [3.05, 3.63) is 84.9 Å². The van der Waals surface area contributed by atoms with Gasteiger partial charge in [-0.05, 0) is 315 Å². The predicted octanol–water partition coefficient (Wildman–Crippen LogP) is 34.1. The van der Waals surface area contributed by atoms with E-state index in [0.717, 1.165) is 5.56 Å². The molecule has 0 N–H and O–H groups in total. The van der Waals surface area contributed by atoms with E-state index in [-0.39, 0.29) is 37.0 Å². The fraction of sp³-hybridized carbons (Fsp3) is 0.826. The maximum absolute atomic E-state index is 5.67. The summed E-state index contributed by atoms with van der Waals surface area (Å²) >= 11 is 6.44. The van der Waals surface area contributed by atoms with Gasteiger partial charge < -0.3 is 0 Å². The number of aryl methyl sites for hydroxylation is 1. The van der Waals surface area contributed by atoms with Gasteiger partial charge in [0.2, 0.25) is 0 Å². The zero-order valence-corrected chi connectivity index (χ0v) is 79.5. The summed E-state index contributed by atoms with van der Waals surface area (Å²) in [6.45, 7) is 12.1. The Balaban J connectivity index is 0.000000223. The van der Waals surface area contributed by atoms with Crippen molar-refractivity contribution in [3.63, 3.8) is 0 Å². The monoisotopic (exact) mass is 1810 g/mol. The van der Waals surface area contributed by atoms with Crippen LogP contribution in [-0.4, -0.2) is 83.0 Å². The minimum atomic E-state index is -1.61. The summed E-state index contributed by atoms with van der Waals surface area (Å²) in [5.41, 5.74) is 17.2. The third-order valence-corrected chi connectivity index (χ3v) is 47.0. The Kier molecular flexibility index (Phi) is 59.6. The van der Waals surface area contributed by atoms with Crippen LogP contribution in [0, 0.1) is 6.92 Å². The van der Waals surface area contributed by atoms with Gasteiger partial charge in [-0.15, -0.1) is 36.4 Å². The second-order valence-corrected chi connectivity index (χ2v) is 59.9. The summed E-state index contributed by atoms with van der Waals surface area (Å²) in [5, 5.41) is 3.51. The van der Waals surface area contributed by atoms with Gasteiger partial charge in [0.15, 0.2) is 0 Å². The molecule has 0 nitrogen and oxygen atoms in total. The second kappa shape index (κ2) is 63.8. The van der Waals surface area contributed by atoms with Crippen molar-refractivity contribution < 1.29 is 27.0 Å². The number of benzene rings is 2. The third-order valence-electron chi connectivity index (χ3n) is 26.9. The van der Waals surface area contributed by atoms with E-state index in [2.05, 4.69) is 37.3 Å². The third kappa shape index (κ3) is 40.5. The summed E-state index contributed by atoms with van der Waals surface area (Å²) in [5.74, 6) is 0. The normalized spacial score (nSPS) is 23.4. The van der Waals surface area contributed by atoms with Crippen molar-refractivity contribution in [1.29, 1.82) is 0 Å². The number of hydrogen-bond acceptors (Lipinski definition) is 0. The Morgan fingerprint density at radius 2 is 0.404 bits per heavy atom. The summed E-state index contributed by atoms with van der Waals surface area (Å²) in [7, 11) is 21.3. The van der Waals surface area contributed by atoms with Crippen LogP contribution in [0.5, 0.6) is 0 Å². The van der Waals surface area contributed by atoms with Gasteiger partial charge in [0, 0.05) is 31.7 Å². The first-order valence-electron chi connectivity index (χ1n) is 44.9. The van der Waals surface area contributed by atoms with E-state index in [9.17, 15) is 0 Å². The van der Waals surface area contributed by atoms with Crippen LogP contribution in [0.4, 0.5) is 0 Å². The van der Waals surface area contributed by atoms with Crippen molar-refractivity contribution in [3.8, 4) is 0 Å². The number of halogens is 6. The average molecular weight is 1810 g/mol. The van der Waals surface area contributed by atoms with Crippen molar-refractivity contribution in [1.82, 2.24) is 0 Å². The Hall–Kier alpha value is 2.63. The van der Waals surface area contributed by atoms with Gasteiger partial charge in [0.1, 0.15) is 0 Å². The van der Waals surface area contributed by atoms with Crippen LogP contribution in [0.1, 0.15) is 410 Å². The van der Waals surface area contributed by atoms with Gasteiger partial charge in [-0.25, -0.2) is 0 Å². The molecule has 12 heteroatoms. The van der Waals surface area contributed by atoms with Gasteiger partial charge >= 0.3 is 111 Å². The van der Waals surface area contributed by atoms with Gasteiger partial charge in [-0.1, -0.05) is 127 Å². The predicted molar refractivity (Wildman–Crippen MR) is 488 cm³/mol. The molecule has 0 radical (unpaired) electrons. The first-order valence-corrected chi connectivity index (χ1v) is 64.1.